The molecule has 42 heavy (non-hydrogen) atoms. The Morgan fingerprint density at radius 1 is 0.881 bits per heavy atom. The van der Waals surface area contributed by atoms with Gasteiger partial charge in [0.15, 0.2) is 5.78 Å². The number of amides is 3. The summed E-state index contributed by atoms with van der Waals surface area (Å²) in [6.07, 6.45) is 7.85. The molecule has 0 bridgehead atoms. The van der Waals surface area contributed by atoms with E-state index in [2.05, 4.69) is 33.0 Å². The molecule has 0 aromatic carbocycles. The molecule has 1 saturated heterocycles. The highest BCUT2D eigenvalue weighted by Gasteiger charge is 2.72. The molecular formula is C33H46N2O7. The molecule has 3 N–H and O–H groups in total. The van der Waals surface area contributed by atoms with Crippen LogP contribution in [-0.2, 0) is 19.2 Å². The van der Waals surface area contributed by atoms with Gasteiger partial charge in [0.05, 0.1) is 23.4 Å². The van der Waals surface area contributed by atoms with Crippen molar-refractivity contribution in [3.63, 3.8) is 0 Å². The van der Waals surface area contributed by atoms with Crippen LogP contribution in [0.3, 0.4) is 0 Å². The maximum atomic E-state index is 14.5. The van der Waals surface area contributed by atoms with Gasteiger partial charge in [-0.05, 0) is 111 Å². The number of carboxylic acid groups (broad SMARTS) is 2. The molecule has 0 unspecified atom stereocenters. The van der Waals surface area contributed by atoms with Gasteiger partial charge in [-0.15, -0.1) is 0 Å². The highest BCUT2D eigenvalue weighted by molar-refractivity contribution is 6.03. The summed E-state index contributed by atoms with van der Waals surface area (Å²) in [5.41, 5.74) is -2.53. The minimum absolute atomic E-state index is 0.0121. The standard InChI is InChI=1S/C33H46N2O7/c1-28-11-12-29(2,25(38)39)16-19(28)18-15-20(36)24-30(3)9-8-22(35-23(37)17-34-27(35)42)33(6,26(40)41)21(30)7-10-32(24,5)31(18,4)14-13-28/h15,19,21-22,24H,7-14,16-17H2,1-6H3,(H,34,42)(H,38,39)(H,40,41)/t19-,21+,22-,24+,28+,29-,30-,31+,32+,33-/m0/s1. The molecule has 0 spiro atoms. The number of carbonyl (C=O) groups excluding carboxylic acids is 3. The third-order valence-electron chi connectivity index (χ3n) is 14.4. The predicted molar refractivity (Wildman–Crippen MR) is 153 cm³/mol. The topological polar surface area (TPSA) is 141 Å². The predicted octanol–water partition coefficient (Wildman–Crippen LogP) is 5.04. The first-order valence-electron chi connectivity index (χ1n) is 15.7. The largest absolute Gasteiger partial charge is 0.481 e. The number of hydrogen-bond donors (Lipinski definition) is 3. The lowest BCUT2D eigenvalue weighted by Gasteiger charge is -2.70. The zero-order chi connectivity index (χ0) is 30.8. The van der Waals surface area contributed by atoms with E-state index >= 15 is 0 Å². The fourth-order valence-corrected chi connectivity index (χ4v) is 11.5. The number of fused-ring (bicyclic) bond motifs is 7. The van der Waals surface area contributed by atoms with E-state index < -0.39 is 63.4 Å². The molecule has 0 aromatic heterocycles. The summed E-state index contributed by atoms with van der Waals surface area (Å²) < 4.78 is 0. The van der Waals surface area contributed by atoms with E-state index in [0.29, 0.717) is 38.5 Å². The van der Waals surface area contributed by atoms with Gasteiger partial charge in [-0.2, -0.15) is 0 Å². The van der Waals surface area contributed by atoms with Crippen LogP contribution in [0.4, 0.5) is 4.79 Å². The lowest BCUT2D eigenvalue weighted by molar-refractivity contribution is -0.206. The van der Waals surface area contributed by atoms with Gasteiger partial charge in [-0.1, -0.05) is 33.3 Å². The molecule has 3 amide bonds. The van der Waals surface area contributed by atoms with Crippen LogP contribution in [-0.4, -0.2) is 57.4 Å². The first kappa shape index (κ1) is 29.4. The number of carbonyl (C=O) groups is 5. The Bertz CT molecular complexity index is 1330. The van der Waals surface area contributed by atoms with Gasteiger partial charge in [0.2, 0.25) is 5.91 Å². The van der Waals surface area contributed by atoms with Gasteiger partial charge in [0, 0.05) is 5.92 Å². The molecule has 230 valence electrons. The molecule has 5 fully saturated rings. The third kappa shape index (κ3) is 3.39. The second-order valence-corrected chi connectivity index (χ2v) is 16.1. The van der Waals surface area contributed by atoms with E-state index in [4.69, 9.17) is 0 Å². The monoisotopic (exact) mass is 582 g/mol. The third-order valence-corrected chi connectivity index (χ3v) is 14.4. The first-order chi connectivity index (χ1) is 19.4. The number of aliphatic carboxylic acids is 2. The molecule has 5 aliphatic carbocycles. The fraction of sp³-hybridized carbons (Fsp3) is 0.788. The van der Waals surface area contributed by atoms with Crippen molar-refractivity contribution in [2.75, 3.05) is 6.54 Å². The zero-order valence-electron chi connectivity index (χ0n) is 25.8. The second-order valence-electron chi connectivity index (χ2n) is 16.1. The molecular weight excluding hydrogens is 536 g/mol. The lowest BCUT2D eigenvalue weighted by Crippen LogP contribution is -2.69. The summed E-state index contributed by atoms with van der Waals surface area (Å²) in [6.45, 7) is 12.3. The SMILES string of the molecule is C[C@]1(C(=O)O)CC[C@]2(C)CC[C@]3(C)C(=CC(=O)[C@@H]4[C@@]5(C)CC[C@H](N6C(=O)CNC6=O)[C@@](C)(C(=O)O)[C@@H]5CC[C@]43C)[C@@H]2C1. The van der Waals surface area contributed by atoms with Crippen LogP contribution in [0.2, 0.25) is 0 Å². The Kier molecular flexibility index (Phi) is 6.07. The van der Waals surface area contributed by atoms with Crippen LogP contribution < -0.4 is 5.32 Å². The molecule has 0 radical (unpaired) electrons. The number of imide groups is 1. The Hall–Kier alpha value is -2.71. The molecule has 9 nitrogen and oxygen atoms in total. The van der Waals surface area contributed by atoms with Crippen LogP contribution >= 0.6 is 0 Å². The number of urea groups is 1. The van der Waals surface area contributed by atoms with Crippen molar-refractivity contribution < 1.29 is 34.2 Å². The van der Waals surface area contributed by atoms with E-state index in [1.165, 1.54) is 0 Å². The van der Waals surface area contributed by atoms with Gasteiger partial charge < -0.3 is 15.5 Å². The van der Waals surface area contributed by atoms with Crippen LogP contribution in [0, 0.1) is 50.2 Å². The average molecular weight is 583 g/mol. The molecule has 10 atom stereocenters. The van der Waals surface area contributed by atoms with Crippen molar-refractivity contribution in [1.82, 2.24) is 10.2 Å². The zero-order valence-corrected chi connectivity index (χ0v) is 25.8. The molecule has 6 aliphatic rings. The maximum Gasteiger partial charge on any atom is 0.324 e. The molecule has 1 heterocycles. The van der Waals surface area contributed by atoms with Crippen LogP contribution in [0.5, 0.6) is 0 Å². The summed E-state index contributed by atoms with van der Waals surface area (Å²) in [5.74, 6) is -2.97. The Labute approximate surface area is 247 Å². The molecule has 9 heteroatoms. The highest BCUT2D eigenvalue weighted by Crippen LogP contribution is 2.75. The minimum Gasteiger partial charge on any atom is -0.481 e. The van der Waals surface area contributed by atoms with Crippen LogP contribution in [0.15, 0.2) is 11.6 Å². The van der Waals surface area contributed by atoms with Crippen LogP contribution in [0.1, 0.15) is 99.3 Å². The van der Waals surface area contributed by atoms with Crippen molar-refractivity contribution in [3.8, 4) is 0 Å². The first-order valence-corrected chi connectivity index (χ1v) is 15.7. The highest BCUT2D eigenvalue weighted by atomic mass is 16.4. The second kappa shape index (κ2) is 8.69. The number of carboxylic acids is 2. The Morgan fingerprint density at radius 2 is 1.55 bits per heavy atom. The Balaban J connectivity index is 1.44. The molecule has 1 aliphatic heterocycles. The number of ketones is 1. The quantitative estimate of drug-likeness (QED) is 0.396. The number of rotatable bonds is 3. The fourth-order valence-electron chi connectivity index (χ4n) is 11.5. The average Bonchev–Trinajstić information content (AvgIpc) is 3.23. The van der Waals surface area contributed by atoms with Gasteiger partial charge in [0.1, 0.15) is 0 Å². The van der Waals surface area contributed by atoms with Gasteiger partial charge in [0.25, 0.3) is 0 Å². The smallest absolute Gasteiger partial charge is 0.324 e. The van der Waals surface area contributed by atoms with E-state index in [1.807, 2.05) is 13.0 Å². The summed E-state index contributed by atoms with van der Waals surface area (Å²) in [4.78, 5) is 66.6. The van der Waals surface area contributed by atoms with E-state index in [1.54, 1.807) is 6.92 Å². The lowest BCUT2D eigenvalue weighted by atomic mass is 9.33. The number of hydrogen-bond acceptors (Lipinski definition) is 5. The van der Waals surface area contributed by atoms with E-state index in [9.17, 15) is 34.2 Å². The number of nitrogens with one attached hydrogen (secondary N) is 1. The van der Waals surface area contributed by atoms with Gasteiger partial charge >= 0.3 is 18.0 Å². The van der Waals surface area contributed by atoms with Crippen molar-refractivity contribution in [2.45, 2.75) is 105 Å². The molecule has 6 rings (SSSR count). The Morgan fingerprint density at radius 3 is 2.14 bits per heavy atom. The van der Waals surface area contributed by atoms with E-state index in [-0.39, 0.29) is 29.1 Å². The van der Waals surface area contributed by atoms with Crippen molar-refractivity contribution in [2.24, 2.45) is 50.2 Å². The molecule has 0 aromatic rings. The summed E-state index contributed by atoms with van der Waals surface area (Å²) in [5, 5.41) is 23.4. The molecule has 4 saturated carbocycles. The number of allylic oxidation sites excluding steroid dienone is 2. The summed E-state index contributed by atoms with van der Waals surface area (Å²) >= 11 is 0. The van der Waals surface area contributed by atoms with Crippen LogP contribution in [0.25, 0.3) is 0 Å². The summed E-state index contributed by atoms with van der Waals surface area (Å²) in [6, 6.07) is -1.32. The normalized spacial score (nSPS) is 50.1. The minimum atomic E-state index is -1.39. The maximum absolute atomic E-state index is 14.5. The summed E-state index contributed by atoms with van der Waals surface area (Å²) in [7, 11) is 0. The van der Waals surface area contributed by atoms with Gasteiger partial charge in [-0.3, -0.25) is 24.1 Å². The van der Waals surface area contributed by atoms with Crippen molar-refractivity contribution in [3.05, 3.63) is 11.6 Å². The van der Waals surface area contributed by atoms with Gasteiger partial charge in [-0.25, -0.2) is 4.79 Å². The van der Waals surface area contributed by atoms with Crippen molar-refractivity contribution in [1.29, 1.82) is 0 Å². The van der Waals surface area contributed by atoms with E-state index in [0.717, 1.165) is 29.7 Å². The number of nitrogens with zero attached hydrogens (tertiary/aromatic N) is 1. The van der Waals surface area contributed by atoms with Crippen molar-refractivity contribution >= 4 is 29.7 Å².